The first-order valence-corrected chi connectivity index (χ1v) is 11.3. The van der Waals surface area contributed by atoms with Gasteiger partial charge in [-0.3, -0.25) is 9.54 Å². The number of benzene rings is 2. The normalized spacial score (nSPS) is 13.0. The van der Waals surface area contributed by atoms with Gasteiger partial charge < -0.3 is 5.11 Å². The number of pyridine rings is 1. The van der Waals surface area contributed by atoms with Crippen molar-refractivity contribution in [1.29, 1.82) is 0 Å². The van der Waals surface area contributed by atoms with Gasteiger partial charge in [-0.05, 0) is 61.0 Å². The molecule has 4 aromatic rings. The lowest BCUT2D eigenvalue weighted by Gasteiger charge is -2.21. The number of aromatic nitrogens is 2. The molecular weight excluding hydrogens is 439 g/mol. The Bertz CT molecular complexity index is 1230. The van der Waals surface area contributed by atoms with Gasteiger partial charge in [0.1, 0.15) is 16.4 Å². The number of thiazole rings is 1. The van der Waals surface area contributed by atoms with Crippen LogP contribution in [0, 0.1) is 5.82 Å². The van der Waals surface area contributed by atoms with Crippen molar-refractivity contribution in [2.45, 2.75) is 17.4 Å². The van der Waals surface area contributed by atoms with Gasteiger partial charge in [0.15, 0.2) is 0 Å². The van der Waals surface area contributed by atoms with Gasteiger partial charge in [0.2, 0.25) is 0 Å². The third kappa shape index (κ3) is 5.80. The maximum Gasteiger partial charge on any atom is 0.294 e. The van der Waals surface area contributed by atoms with Crippen molar-refractivity contribution < 1.29 is 22.5 Å². The van der Waals surface area contributed by atoms with Crippen molar-refractivity contribution in [3.8, 4) is 10.6 Å². The number of aliphatic hydroxyl groups is 1. The molecule has 2 N–H and O–H groups in total. The second-order valence-corrected chi connectivity index (χ2v) is 9.08. The van der Waals surface area contributed by atoms with Crippen molar-refractivity contribution in [1.82, 2.24) is 9.97 Å². The summed E-state index contributed by atoms with van der Waals surface area (Å²) in [5.41, 5.74) is 0.462. The van der Waals surface area contributed by atoms with E-state index in [4.69, 9.17) is 4.55 Å². The van der Waals surface area contributed by atoms with Crippen LogP contribution in [-0.2, 0) is 15.7 Å². The highest BCUT2D eigenvalue weighted by Gasteiger charge is 2.28. The summed E-state index contributed by atoms with van der Waals surface area (Å²) in [5.74, 6) is -0.278. The van der Waals surface area contributed by atoms with Crippen LogP contribution in [0.5, 0.6) is 0 Å². The van der Waals surface area contributed by atoms with Crippen LogP contribution in [0.1, 0.15) is 17.4 Å². The van der Waals surface area contributed by atoms with Gasteiger partial charge in [0, 0.05) is 24.2 Å². The van der Waals surface area contributed by atoms with Crippen molar-refractivity contribution in [2.24, 2.45) is 0 Å². The molecule has 0 bridgehead atoms. The first kappa shape index (κ1) is 22.7. The van der Waals surface area contributed by atoms with E-state index < -0.39 is 15.7 Å². The van der Waals surface area contributed by atoms with Gasteiger partial charge in [-0.1, -0.05) is 18.2 Å². The molecule has 31 heavy (non-hydrogen) atoms. The fourth-order valence-electron chi connectivity index (χ4n) is 2.64. The number of hydrogen-bond acceptors (Lipinski definition) is 6. The van der Waals surface area contributed by atoms with Gasteiger partial charge in [0.05, 0.1) is 9.77 Å². The molecule has 1 atom stereocenters. The van der Waals surface area contributed by atoms with Crippen molar-refractivity contribution in [3.63, 3.8) is 0 Å². The third-order valence-electron chi connectivity index (χ3n) is 4.36. The minimum absolute atomic E-state index is 0.0741. The van der Waals surface area contributed by atoms with E-state index in [1.54, 1.807) is 68.0 Å². The highest BCUT2D eigenvalue weighted by Crippen LogP contribution is 2.35. The first-order chi connectivity index (χ1) is 14.7. The Morgan fingerprint density at radius 3 is 2.13 bits per heavy atom. The van der Waals surface area contributed by atoms with E-state index in [1.165, 1.54) is 35.6 Å². The number of hydrogen-bond donors (Lipinski definition) is 2. The maximum absolute atomic E-state index is 13.0. The molecule has 2 heterocycles. The van der Waals surface area contributed by atoms with Gasteiger partial charge in [0.25, 0.3) is 10.1 Å². The summed E-state index contributed by atoms with van der Waals surface area (Å²) in [7, 11) is -4.00. The minimum atomic E-state index is -4.00. The Balaban J connectivity index is 0.000000229. The molecular formula is C22H19FN2O4S2. The Labute approximate surface area is 183 Å². The van der Waals surface area contributed by atoms with Crippen LogP contribution in [-0.4, -0.2) is 28.0 Å². The van der Waals surface area contributed by atoms with E-state index in [9.17, 15) is 17.9 Å². The van der Waals surface area contributed by atoms with Crippen molar-refractivity contribution >= 4 is 21.5 Å². The lowest BCUT2D eigenvalue weighted by molar-refractivity contribution is 0.106. The van der Waals surface area contributed by atoms with Crippen LogP contribution >= 0.6 is 11.3 Å². The Hall–Kier alpha value is -2.98. The van der Waals surface area contributed by atoms with E-state index in [0.29, 0.717) is 0 Å². The zero-order valence-corrected chi connectivity index (χ0v) is 18.0. The summed E-state index contributed by atoms with van der Waals surface area (Å²) in [5, 5.41) is 11.5. The summed E-state index contributed by atoms with van der Waals surface area (Å²) >= 11 is 1.39. The summed E-state index contributed by atoms with van der Waals surface area (Å²) < 4.78 is 42.2. The maximum atomic E-state index is 13.0. The highest BCUT2D eigenvalue weighted by molar-refractivity contribution is 7.85. The molecule has 4 rings (SSSR count). The Morgan fingerprint density at radius 1 is 0.968 bits per heavy atom. The molecule has 6 nitrogen and oxygen atoms in total. The SMILES string of the molecule is CC(O)(c1ccncc1)c1cnc(-c2ccc(F)cc2)s1.O=S(=O)(O)c1ccccc1. The average molecular weight is 459 g/mol. The molecule has 0 aliphatic heterocycles. The topological polar surface area (TPSA) is 100 Å². The lowest BCUT2D eigenvalue weighted by atomic mass is 9.96. The molecule has 0 aliphatic rings. The molecule has 0 aliphatic carbocycles. The highest BCUT2D eigenvalue weighted by atomic mass is 32.2. The zero-order valence-electron chi connectivity index (χ0n) is 16.4. The largest absolute Gasteiger partial charge is 0.380 e. The number of nitrogens with zero attached hydrogens (tertiary/aromatic N) is 2. The molecule has 0 radical (unpaired) electrons. The van der Waals surface area contributed by atoms with Gasteiger partial charge in [-0.2, -0.15) is 8.42 Å². The van der Waals surface area contributed by atoms with E-state index in [0.717, 1.165) is 21.0 Å². The van der Waals surface area contributed by atoms with E-state index >= 15 is 0 Å². The van der Waals surface area contributed by atoms with Gasteiger partial charge >= 0.3 is 0 Å². The van der Waals surface area contributed by atoms with Gasteiger partial charge in [-0.15, -0.1) is 11.3 Å². The molecule has 9 heteroatoms. The van der Waals surface area contributed by atoms with Crippen LogP contribution in [0.2, 0.25) is 0 Å². The van der Waals surface area contributed by atoms with Crippen LogP contribution in [0.25, 0.3) is 10.6 Å². The van der Waals surface area contributed by atoms with Crippen LogP contribution in [0.3, 0.4) is 0 Å². The fourth-order valence-corrected chi connectivity index (χ4v) is 4.13. The summed E-state index contributed by atoms with van der Waals surface area (Å²) in [6.07, 6.45) is 4.95. The summed E-state index contributed by atoms with van der Waals surface area (Å²) in [6, 6.07) is 17.1. The third-order valence-corrected chi connectivity index (χ3v) is 6.49. The van der Waals surface area contributed by atoms with Crippen LogP contribution < -0.4 is 0 Å². The average Bonchev–Trinajstić information content (AvgIpc) is 3.27. The van der Waals surface area contributed by atoms with E-state index in [-0.39, 0.29) is 10.7 Å². The Morgan fingerprint density at radius 2 is 1.58 bits per heavy atom. The van der Waals surface area contributed by atoms with Crippen LogP contribution in [0.15, 0.2) is 90.2 Å². The predicted octanol–water partition coefficient (Wildman–Crippen LogP) is 4.53. The summed E-state index contributed by atoms with van der Waals surface area (Å²) in [6.45, 7) is 1.73. The molecule has 2 aromatic heterocycles. The summed E-state index contributed by atoms with van der Waals surface area (Å²) in [4.78, 5) is 8.94. The second-order valence-electron chi connectivity index (χ2n) is 6.63. The molecule has 0 amide bonds. The smallest absolute Gasteiger partial charge is 0.294 e. The molecule has 2 aromatic carbocycles. The minimum Gasteiger partial charge on any atom is -0.380 e. The Kier molecular flexibility index (Phi) is 6.91. The second kappa shape index (κ2) is 9.44. The molecule has 0 spiro atoms. The fraction of sp³-hybridized carbons (Fsp3) is 0.0909. The monoisotopic (exact) mass is 458 g/mol. The molecule has 1 unspecified atom stereocenters. The zero-order chi connectivity index (χ0) is 22.5. The first-order valence-electron chi connectivity index (χ1n) is 9.05. The molecule has 160 valence electrons. The van der Waals surface area contributed by atoms with Crippen molar-refractivity contribution in [3.05, 3.63) is 102 Å². The molecule has 0 saturated carbocycles. The quantitative estimate of drug-likeness (QED) is 0.436. The molecule has 0 fully saturated rings. The standard InChI is InChI=1S/C16H13FN2OS.C6H6O3S/c1-16(20,12-6-8-18-9-7-12)14-10-19-15(21-14)11-2-4-13(17)5-3-11;7-10(8,9)6-4-2-1-3-5-6/h2-10,20H,1H3;1-5H,(H,7,8,9). The lowest BCUT2D eigenvalue weighted by Crippen LogP contribution is -2.21. The van der Waals surface area contributed by atoms with E-state index in [1.807, 2.05) is 0 Å². The molecule has 0 saturated heterocycles. The van der Waals surface area contributed by atoms with Gasteiger partial charge in [-0.25, -0.2) is 9.37 Å². The number of rotatable bonds is 4. The predicted molar refractivity (Wildman–Crippen MR) is 117 cm³/mol. The van der Waals surface area contributed by atoms with Crippen LogP contribution in [0.4, 0.5) is 4.39 Å². The number of halogens is 1. The van der Waals surface area contributed by atoms with Crippen molar-refractivity contribution in [2.75, 3.05) is 0 Å². The van der Waals surface area contributed by atoms with E-state index in [2.05, 4.69) is 9.97 Å².